The van der Waals surface area contributed by atoms with Crippen LogP contribution in [0.4, 0.5) is 0 Å². The van der Waals surface area contributed by atoms with E-state index in [4.69, 9.17) is 4.74 Å². The van der Waals surface area contributed by atoms with Crippen LogP contribution in [0.25, 0.3) is 0 Å². The maximum atomic E-state index is 13.1. The van der Waals surface area contributed by atoms with Gasteiger partial charge in [-0.1, -0.05) is 48.5 Å². The number of aliphatic hydroxyl groups excluding tert-OH is 1. The Kier molecular flexibility index (Phi) is 4.71. The number of rotatable bonds is 5. The molecule has 2 aliphatic rings. The van der Waals surface area contributed by atoms with Crippen LogP contribution in [0.1, 0.15) is 24.0 Å². The molecule has 3 atom stereocenters. The van der Waals surface area contributed by atoms with E-state index < -0.39 is 6.04 Å². The van der Waals surface area contributed by atoms with Gasteiger partial charge in [-0.05, 0) is 24.1 Å². The number of aliphatic imine (C=N–C) groups is 1. The summed E-state index contributed by atoms with van der Waals surface area (Å²) in [4.78, 5) is 19.6. The first kappa shape index (κ1) is 16.8. The Morgan fingerprint density at radius 1 is 1.08 bits per heavy atom. The van der Waals surface area contributed by atoms with Crippen LogP contribution in [0.3, 0.4) is 0 Å². The molecule has 0 unspecified atom stereocenters. The van der Waals surface area contributed by atoms with Crippen molar-refractivity contribution in [3.8, 4) is 0 Å². The Morgan fingerprint density at radius 3 is 2.46 bits per heavy atom. The molecule has 134 valence electrons. The number of carbonyl (C=O) groups is 1. The van der Waals surface area contributed by atoms with E-state index >= 15 is 0 Å². The summed E-state index contributed by atoms with van der Waals surface area (Å²) in [5.74, 6) is 0.521. The largest absolute Gasteiger partial charge is 0.471 e. The number of piperidine rings is 1. The molecule has 5 heteroatoms. The number of nitrogens with zero attached hydrogens (tertiary/aromatic N) is 2. The second-order valence-electron chi connectivity index (χ2n) is 6.75. The predicted molar refractivity (Wildman–Crippen MR) is 98.7 cm³/mol. The highest BCUT2D eigenvalue weighted by atomic mass is 16.5. The van der Waals surface area contributed by atoms with Gasteiger partial charge in [0.05, 0.1) is 0 Å². The lowest BCUT2D eigenvalue weighted by Gasteiger charge is -2.39. The highest BCUT2D eigenvalue weighted by molar-refractivity contribution is 5.99. The molecule has 4 rings (SSSR count). The number of likely N-dealkylation sites (tertiary alicyclic amines) is 1. The molecule has 2 aromatic rings. The third kappa shape index (κ3) is 3.22. The van der Waals surface area contributed by atoms with Gasteiger partial charge in [-0.15, -0.1) is 0 Å². The van der Waals surface area contributed by atoms with Crippen LogP contribution in [0.5, 0.6) is 0 Å². The molecule has 1 amide bonds. The summed E-state index contributed by atoms with van der Waals surface area (Å²) >= 11 is 0. The smallest absolute Gasteiger partial charge is 0.251 e. The molecule has 26 heavy (non-hydrogen) atoms. The molecular formula is C21H22N2O3. The first-order chi connectivity index (χ1) is 12.8. The SMILES string of the molecule is O=C1[C@@H]2N=C(c3ccccc3)O[C@@H]2C[C@@H](CCO)N1Cc1ccccc1. The minimum absolute atomic E-state index is 0.0190. The average molecular weight is 350 g/mol. The van der Waals surface area contributed by atoms with Crippen molar-refractivity contribution in [3.05, 3.63) is 71.8 Å². The Balaban J connectivity index is 1.59. The molecular weight excluding hydrogens is 328 g/mol. The van der Waals surface area contributed by atoms with Gasteiger partial charge < -0.3 is 14.7 Å². The summed E-state index contributed by atoms with van der Waals surface area (Å²) in [5, 5.41) is 9.45. The summed E-state index contributed by atoms with van der Waals surface area (Å²) in [7, 11) is 0. The third-order valence-electron chi connectivity index (χ3n) is 5.03. The zero-order valence-electron chi connectivity index (χ0n) is 14.5. The fourth-order valence-electron chi connectivity index (χ4n) is 3.72. The fourth-order valence-corrected chi connectivity index (χ4v) is 3.72. The second-order valence-corrected chi connectivity index (χ2v) is 6.75. The monoisotopic (exact) mass is 350 g/mol. The summed E-state index contributed by atoms with van der Waals surface area (Å²) in [5.41, 5.74) is 1.97. The normalized spacial score (nSPS) is 24.8. The van der Waals surface area contributed by atoms with Gasteiger partial charge in [0.25, 0.3) is 5.91 Å². The molecule has 5 nitrogen and oxygen atoms in total. The van der Waals surface area contributed by atoms with Gasteiger partial charge in [0, 0.05) is 31.2 Å². The molecule has 0 spiro atoms. The van der Waals surface area contributed by atoms with Crippen LogP contribution < -0.4 is 0 Å². The molecule has 2 heterocycles. The van der Waals surface area contributed by atoms with Crippen LogP contribution in [-0.4, -0.2) is 46.6 Å². The van der Waals surface area contributed by atoms with Crippen molar-refractivity contribution in [3.63, 3.8) is 0 Å². The summed E-state index contributed by atoms with van der Waals surface area (Å²) in [6.07, 6.45) is 0.983. The van der Waals surface area contributed by atoms with E-state index in [9.17, 15) is 9.90 Å². The van der Waals surface area contributed by atoms with Crippen molar-refractivity contribution in [2.75, 3.05) is 6.61 Å². The Labute approximate surface area is 152 Å². The van der Waals surface area contributed by atoms with Gasteiger partial charge in [0.15, 0.2) is 6.04 Å². The van der Waals surface area contributed by atoms with Gasteiger partial charge in [0.1, 0.15) is 6.10 Å². The van der Waals surface area contributed by atoms with E-state index in [-0.39, 0.29) is 24.7 Å². The van der Waals surface area contributed by atoms with Crippen molar-refractivity contribution >= 4 is 11.8 Å². The van der Waals surface area contributed by atoms with E-state index in [0.717, 1.165) is 11.1 Å². The second kappa shape index (κ2) is 7.30. The van der Waals surface area contributed by atoms with Crippen LogP contribution in [0, 0.1) is 0 Å². The van der Waals surface area contributed by atoms with Crippen molar-refractivity contribution in [2.24, 2.45) is 4.99 Å². The highest BCUT2D eigenvalue weighted by Crippen LogP contribution is 2.32. The van der Waals surface area contributed by atoms with Gasteiger partial charge in [-0.2, -0.15) is 0 Å². The van der Waals surface area contributed by atoms with Crippen LogP contribution in [0.2, 0.25) is 0 Å². The predicted octanol–water partition coefficient (Wildman–Crippen LogP) is 2.38. The van der Waals surface area contributed by atoms with E-state index in [1.165, 1.54) is 0 Å². The minimum atomic E-state index is -0.496. The molecule has 1 N–H and O–H groups in total. The highest BCUT2D eigenvalue weighted by Gasteiger charge is 2.46. The molecule has 0 aromatic heterocycles. The maximum absolute atomic E-state index is 13.1. The standard InChI is InChI=1S/C21H22N2O3/c24-12-11-17-13-18-19(22-20(26-18)16-9-5-2-6-10-16)21(25)23(17)14-15-7-3-1-4-8-15/h1-10,17-19,24H,11-14H2/t17-,18-,19-/m1/s1. The van der Waals surface area contributed by atoms with E-state index in [2.05, 4.69) is 4.99 Å². The minimum Gasteiger partial charge on any atom is -0.471 e. The lowest BCUT2D eigenvalue weighted by Crippen LogP contribution is -2.54. The molecule has 1 fully saturated rings. The van der Waals surface area contributed by atoms with Crippen molar-refractivity contribution in [2.45, 2.75) is 37.6 Å². The quantitative estimate of drug-likeness (QED) is 0.901. The Morgan fingerprint density at radius 2 is 1.77 bits per heavy atom. The van der Waals surface area contributed by atoms with Crippen LogP contribution in [0.15, 0.2) is 65.7 Å². The molecule has 0 saturated carbocycles. The van der Waals surface area contributed by atoms with E-state index in [1.807, 2.05) is 65.6 Å². The number of aliphatic hydroxyl groups is 1. The number of benzene rings is 2. The average Bonchev–Trinajstić information content (AvgIpc) is 3.11. The number of hydrogen-bond donors (Lipinski definition) is 1. The van der Waals surface area contributed by atoms with Crippen molar-refractivity contribution in [1.82, 2.24) is 4.90 Å². The third-order valence-corrected chi connectivity index (χ3v) is 5.03. The Hall–Kier alpha value is -2.66. The number of fused-ring (bicyclic) bond motifs is 1. The first-order valence-electron chi connectivity index (χ1n) is 9.01. The van der Waals surface area contributed by atoms with Gasteiger partial charge >= 0.3 is 0 Å². The van der Waals surface area contributed by atoms with Crippen molar-refractivity contribution < 1.29 is 14.6 Å². The number of amides is 1. The van der Waals surface area contributed by atoms with Gasteiger partial charge in [-0.25, -0.2) is 4.99 Å². The first-order valence-corrected chi connectivity index (χ1v) is 9.01. The number of hydrogen-bond acceptors (Lipinski definition) is 4. The van der Waals surface area contributed by atoms with Gasteiger partial charge in [0.2, 0.25) is 5.90 Å². The molecule has 2 aliphatic heterocycles. The topological polar surface area (TPSA) is 62.1 Å². The zero-order valence-corrected chi connectivity index (χ0v) is 14.5. The lowest BCUT2D eigenvalue weighted by atomic mass is 9.92. The van der Waals surface area contributed by atoms with Crippen LogP contribution >= 0.6 is 0 Å². The van der Waals surface area contributed by atoms with E-state index in [1.54, 1.807) is 0 Å². The summed E-state index contributed by atoms with van der Waals surface area (Å²) in [6, 6.07) is 19.1. The molecule has 0 radical (unpaired) electrons. The Bertz CT molecular complexity index is 791. The molecule has 2 aromatic carbocycles. The summed E-state index contributed by atoms with van der Waals surface area (Å²) in [6.45, 7) is 0.580. The molecule has 1 saturated heterocycles. The number of ether oxygens (including phenoxy) is 1. The molecule has 0 aliphatic carbocycles. The zero-order chi connectivity index (χ0) is 17.9. The lowest BCUT2D eigenvalue weighted by molar-refractivity contribution is -0.142. The maximum Gasteiger partial charge on any atom is 0.251 e. The van der Waals surface area contributed by atoms with Crippen LogP contribution in [-0.2, 0) is 16.1 Å². The fraction of sp³-hybridized carbons (Fsp3) is 0.333. The summed E-state index contributed by atoms with van der Waals surface area (Å²) < 4.78 is 6.02. The van der Waals surface area contributed by atoms with E-state index in [0.29, 0.717) is 25.3 Å². The van der Waals surface area contributed by atoms with Crippen molar-refractivity contribution in [1.29, 1.82) is 0 Å². The molecule has 0 bridgehead atoms. The van der Waals surface area contributed by atoms with Gasteiger partial charge in [-0.3, -0.25) is 4.79 Å². The number of carbonyl (C=O) groups excluding carboxylic acids is 1.